The fraction of sp³-hybridized carbons (Fsp3) is 0.429. The third kappa shape index (κ3) is 5.24. The maximum atomic E-state index is 3.82. The molecule has 82 valence electrons. The lowest BCUT2D eigenvalue weighted by Gasteiger charge is -2.35. The lowest BCUT2D eigenvalue weighted by atomic mass is 10.2. The highest BCUT2D eigenvalue weighted by molar-refractivity contribution is 4.95. The number of nitrogens with zero attached hydrogens (tertiary/aromatic N) is 1. The van der Waals surface area contributed by atoms with Gasteiger partial charge >= 0.3 is 0 Å². The molecule has 0 heterocycles. The van der Waals surface area contributed by atoms with Crippen LogP contribution in [-0.2, 0) is 0 Å². The van der Waals surface area contributed by atoms with Crippen molar-refractivity contribution in [1.82, 2.24) is 0 Å². The van der Waals surface area contributed by atoms with E-state index >= 15 is 0 Å². The normalized spacial score (nSPS) is 9.93. The third-order valence-electron chi connectivity index (χ3n) is 2.44. The summed E-state index contributed by atoms with van der Waals surface area (Å²) in [5.41, 5.74) is 0. The highest BCUT2D eigenvalue weighted by Crippen LogP contribution is 2.09. The topological polar surface area (TPSA) is 0 Å². The smallest absolute Gasteiger partial charge is 0.0976 e. The summed E-state index contributed by atoms with van der Waals surface area (Å²) in [6, 6.07) is 0. The van der Waals surface area contributed by atoms with Gasteiger partial charge in [-0.25, -0.2) is 0 Å². The number of quaternary nitrogens is 1. The Labute approximate surface area is 94.4 Å². The lowest BCUT2D eigenvalue weighted by molar-refractivity contribution is -0.911. The maximum absolute atomic E-state index is 3.82. The van der Waals surface area contributed by atoms with Crippen LogP contribution in [0.15, 0.2) is 38.0 Å². The molecule has 0 aromatic heterocycles. The Bertz CT molecular complexity index is 238. The summed E-state index contributed by atoms with van der Waals surface area (Å²) >= 11 is 0. The molecular formula is C14H22N+. The van der Waals surface area contributed by atoms with E-state index in [1.807, 2.05) is 25.2 Å². The fourth-order valence-electron chi connectivity index (χ4n) is 1.74. The van der Waals surface area contributed by atoms with Gasteiger partial charge in [-0.05, 0) is 25.2 Å². The van der Waals surface area contributed by atoms with Crippen molar-refractivity contribution in [3.8, 4) is 11.8 Å². The first-order chi connectivity index (χ1) is 7.24. The zero-order chi connectivity index (χ0) is 11.6. The van der Waals surface area contributed by atoms with Crippen LogP contribution in [0.25, 0.3) is 0 Å². The van der Waals surface area contributed by atoms with Gasteiger partial charge in [-0.15, -0.1) is 5.92 Å². The van der Waals surface area contributed by atoms with E-state index in [1.54, 1.807) is 0 Å². The first-order valence-electron chi connectivity index (χ1n) is 5.32. The molecule has 0 aliphatic rings. The van der Waals surface area contributed by atoms with Crippen molar-refractivity contribution in [2.24, 2.45) is 0 Å². The van der Waals surface area contributed by atoms with Crippen LogP contribution in [0.5, 0.6) is 0 Å². The molecule has 0 N–H and O–H groups in total. The zero-order valence-corrected chi connectivity index (χ0v) is 9.84. The highest BCUT2D eigenvalue weighted by atomic mass is 15.3. The van der Waals surface area contributed by atoms with Gasteiger partial charge in [-0.1, -0.05) is 25.7 Å². The van der Waals surface area contributed by atoms with Crippen LogP contribution in [0.3, 0.4) is 0 Å². The molecule has 15 heavy (non-hydrogen) atoms. The van der Waals surface area contributed by atoms with Crippen LogP contribution >= 0.6 is 0 Å². The van der Waals surface area contributed by atoms with Crippen molar-refractivity contribution in [2.75, 3.05) is 26.2 Å². The summed E-state index contributed by atoms with van der Waals surface area (Å²) < 4.78 is 0.936. The molecule has 0 fully saturated rings. The van der Waals surface area contributed by atoms with E-state index in [4.69, 9.17) is 0 Å². The summed E-state index contributed by atoms with van der Waals surface area (Å²) in [5.74, 6) is 6.04. The van der Waals surface area contributed by atoms with Crippen LogP contribution in [0, 0.1) is 11.8 Å². The van der Waals surface area contributed by atoms with Crippen molar-refractivity contribution < 1.29 is 4.48 Å². The van der Waals surface area contributed by atoms with E-state index < -0.39 is 0 Å². The first-order valence-corrected chi connectivity index (χ1v) is 5.32. The highest BCUT2D eigenvalue weighted by Gasteiger charge is 2.21. The van der Waals surface area contributed by atoms with Crippen molar-refractivity contribution >= 4 is 0 Å². The molecule has 1 nitrogen and oxygen atoms in total. The molecule has 0 unspecified atom stereocenters. The van der Waals surface area contributed by atoms with E-state index in [-0.39, 0.29) is 0 Å². The monoisotopic (exact) mass is 204 g/mol. The Balaban J connectivity index is 4.55. The minimum Gasteiger partial charge on any atom is -0.313 e. The molecule has 0 atom stereocenters. The lowest BCUT2D eigenvalue weighted by Crippen LogP contribution is -2.49. The van der Waals surface area contributed by atoms with Gasteiger partial charge in [0.15, 0.2) is 0 Å². The quantitative estimate of drug-likeness (QED) is 0.324. The predicted octanol–water partition coefficient (Wildman–Crippen LogP) is 2.77. The van der Waals surface area contributed by atoms with Crippen molar-refractivity contribution in [2.45, 2.75) is 13.3 Å². The Kier molecular flexibility index (Phi) is 7.40. The number of hydrogen-bond donors (Lipinski definition) is 0. The molecular weight excluding hydrogens is 182 g/mol. The Morgan fingerprint density at radius 3 is 1.80 bits per heavy atom. The second-order valence-corrected chi connectivity index (χ2v) is 3.66. The van der Waals surface area contributed by atoms with Gasteiger partial charge in [-0.3, -0.25) is 0 Å². The van der Waals surface area contributed by atoms with E-state index in [2.05, 4.69) is 31.6 Å². The van der Waals surface area contributed by atoms with Crippen LogP contribution in [0.1, 0.15) is 13.3 Å². The molecule has 0 bridgehead atoms. The van der Waals surface area contributed by atoms with E-state index in [0.717, 1.165) is 37.1 Å². The molecule has 0 rings (SSSR count). The van der Waals surface area contributed by atoms with Gasteiger partial charge in [0.1, 0.15) is 0 Å². The Morgan fingerprint density at radius 2 is 1.47 bits per heavy atom. The summed E-state index contributed by atoms with van der Waals surface area (Å²) in [5, 5.41) is 0. The van der Waals surface area contributed by atoms with Crippen LogP contribution in [0.2, 0.25) is 0 Å². The van der Waals surface area contributed by atoms with Crippen LogP contribution in [-0.4, -0.2) is 30.7 Å². The van der Waals surface area contributed by atoms with Crippen LogP contribution in [0.4, 0.5) is 0 Å². The van der Waals surface area contributed by atoms with Crippen LogP contribution < -0.4 is 0 Å². The average molecular weight is 204 g/mol. The molecule has 0 saturated carbocycles. The average Bonchev–Trinajstić information content (AvgIpc) is 2.19. The molecule has 1 heteroatoms. The molecule has 0 aliphatic heterocycles. The predicted molar refractivity (Wildman–Crippen MR) is 68.4 cm³/mol. The van der Waals surface area contributed by atoms with Gasteiger partial charge in [0, 0.05) is 0 Å². The van der Waals surface area contributed by atoms with Gasteiger partial charge < -0.3 is 4.48 Å². The van der Waals surface area contributed by atoms with Crippen molar-refractivity contribution in [3.63, 3.8) is 0 Å². The zero-order valence-electron chi connectivity index (χ0n) is 9.84. The first kappa shape index (κ1) is 13.7. The van der Waals surface area contributed by atoms with Crippen molar-refractivity contribution in [1.29, 1.82) is 0 Å². The summed E-state index contributed by atoms with van der Waals surface area (Å²) in [7, 11) is 0. The van der Waals surface area contributed by atoms with E-state index in [0.29, 0.717) is 0 Å². The molecule has 0 spiro atoms. The van der Waals surface area contributed by atoms with E-state index in [1.165, 1.54) is 0 Å². The number of hydrogen-bond acceptors (Lipinski definition) is 0. The van der Waals surface area contributed by atoms with Crippen molar-refractivity contribution in [3.05, 3.63) is 38.0 Å². The minimum absolute atomic E-state index is 0.923. The standard InChI is InChI=1S/C14H22N/c1-5-9-10-14-15(11-6-2,12-7-3)13-8-4/h6-8H,2-4,10-14H2,1H3/q+1. The summed E-state index contributed by atoms with van der Waals surface area (Å²) in [6.07, 6.45) is 6.82. The van der Waals surface area contributed by atoms with Gasteiger partial charge in [0.05, 0.1) is 32.6 Å². The van der Waals surface area contributed by atoms with Gasteiger partial charge in [0.25, 0.3) is 0 Å². The SMILES string of the molecule is C=CC[N+](CC=C)(CC=C)CCC#CC. The van der Waals surface area contributed by atoms with Gasteiger partial charge in [0.2, 0.25) is 0 Å². The summed E-state index contributed by atoms with van der Waals surface area (Å²) in [4.78, 5) is 0. The molecule has 0 amide bonds. The largest absolute Gasteiger partial charge is 0.313 e. The summed E-state index contributed by atoms with van der Waals surface area (Å²) in [6.45, 7) is 17.2. The Hall–Kier alpha value is -1.26. The maximum Gasteiger partial charge on any atom is 0.0976 e. The Morgan fingerprint density at radius 1 is 1.00 bits per heavy atom. The number of rotatable bonds is 8. The van der Waals surface area contributed by atoms with E-state index in [9.17, 15) is 0 Å². The third-order valence-corrected chi connectivity index (χ3v) is 2.44. The molecule has 0 radical (unpaired) electrons. The second kappa shape index (κ2) is 8.08. The minimum atomic E-state index is 0.923. The van der Waals surface area contributed by atoms with Gasteiger partial charge in [-0.2, -0.15) is 0 Å². The fourth-order valence-corrected chi connectivity index (χ4v) is 1.74. The second-order valence-electron chi connectivity index (χ2n) is 3.66. The molecule has 0 aromatic carbocycles. The molecule has 0 aromatic rings. The molecule has 0 aliphatic carbocycles. The molecule has 0 saturated heterocycles.